The van der Waals surface area contributed by atoms with Crippen molar-refractivity contribution in [2.24, 2.45) is 0 Å². The molecule has 0 spiro atoms. The van der Waals surface area contributed by atoms with Gasteiger partial charge in [0.2, 0.25) is 15.9 Å². The van der Waals surface area contributed by atoms with Crippen LogP contribution in [-0.4, -0.2) is 45.0 Å². The molecule has 0 radical (unpaired) electrons. The molecule has 1 aromatic heterocycles. The van der Waals surface area contributed by atoms with Crippen molar-refractivity contribution in [2.75, 3.05) is 26.5 Å². The molecule has 2 rings (SSSR count). The van der Waals surface area contributed by atoms with Crippen LogP contribution in [0.5, 0.6) is 5.75 Å². The van der Waals surface area contributed by atoms with Crippen molar-refractivity contribution >= 4 is 21.6 Å². The van der Waals surface area contributed by atoms with Gasteiger partial charge in [-0.2, -0.15) is 0 Å². The normalized spacial score (nSPS) is 11.6. The van der Waals surface area contributed by atoms with Crippen LogP contribution >= 0.6 is 0 Å². The number of benzene rings is 1. The van der Waals surface area contributed by atoms with Crippen LogP contribution in [0.1, 0.15) is 23.4 Å². The Balaban J connectivity index is 2.15. The topological polar surface area (TPSA) is 102 Å². The summed E-state index contributed by atoms with van der Waals surface area (Å²) in [6.45, 7) is 3.63. The number of carbonyl (C=O) groups is 1. The second-order valence-corrected chi connectivity index (χ2v) is 8.12. The minimum Gasteiger partial charge on any atom is -0.495 e. The summed E-state index contributed by atoms with van der Waals surface area (Å²) >= 11 is 0. The quantitative estimate of drug-likeness (QED) is 0.788. The molecular formula is C17H23N3O5S. The Morgan fingerprint density at radius 1 is 1.31 bits per heavy atom. The van der Waals surface area contributed by atoms with Crippen molar-refractivity contribution in [1.29, 1.82) is 0 Å². The van der Waals surface area contributed by atoms with Crippen molar-refractivity contribution in [3.63, 3.8) is 0 Å². The first kappa shape index (κ1) is 19.9. The predicted molar refractivity (Wildman–Crippen MR) is 96.8 cm³/mol. The van der Waals surface area contributed by atoms with Crippen LogP contribution in [0, 0.1) is 13.8 Å². The monoisotopic (exact) mass is 381 g/mol. The van der Waals surface area contributed by atoms with Gasteiger partial charge in [0.25, 0.3) is 0 Å². The number of hydrogen-bond acceptors (Lipinski definition) is 6. The summed E-state index contributed by atoms with van der Waals surface area (Å²) in [6.07, 6.45) is 0.719. The van der Waals surface area contributed by atoms with Crippen molar-refractivity contribution in [3.05, 3.63) is 35.2 Å². The Bertz CT molecular complexity index is 884. The van der Waals surface area contributed by atoms with E-state index in [2.05, 4.69) is 10.5 Å². The number of amides is 1. The lowest BCUT2D eigenvalue weighted by Gasteiger charge is -2.16. The van der Waals surface area contributed by atoms with Crippen molar-refractivity contribution in [1.82, 2.24) is 9.46 Å². The lowest BCUT2D eigenvalue weighted by atomic mass is 10.1. The number of methoxy groups -OCH3 is 1. The van der Waals surface area contributed by atoms with Gasteiger partial charge in [-0.15, -0.1) is 0 Å². The standard InChI is InChI=1S/C17H23N3O5S/c1-11-14(12(2)25-19-11)7-9-17(21)18-13-6-8-15(24-5)16(10-13)26(22,23)20(3)4/h6,8,10H,7,9H2,1-5H3,(H,18,21). The summed E-state index contributed by atoms with van der Waals surface area (Å²) in [5.41, 5.74) is 2.06. The molecule has 142 valence electrons. The summed E-state index contributed by atoms with van der Waals surface area (Å²) in [4.78, 5) is 12.2. The molecule has 8 nitrogen and oxygen atoms in total. The summed E-state index contributed by atoms with van der Waals surface area (Å²) in [5, 5.41) is 6.58. The fraction of sp³-hybridized carbons (Fsp3) is 0.412. The highest BCUT2D eigenvalue weighted by Crippen LogP contribution is 2.29. The first-order valence-corrected chi connectivity index (χ1v) is 9.43. The van der Waals surface area contributed by atoms with Crippen LogP contribution < -0.4 is 10.1 Å². The third-order valence-corrected chi connectivity index (χ3v) is 5.83. The Morgan fingerprint density at radius 2 is 2.00 bits per heavy atom. The average molecular weight is 381 g/mol. The molecule has 9 heteroatoms. The second-order valence-electron chi connectivity index (χ2n) is 6.00. The number of anilines is 1. The molecule has 0 bridgehead atoms. The zero-order valence-corrected chi connectivity index (χ0v) is 16.3. The number of carbonyl (C=O) groups excluding carboxylic acids is 1. The maximum atomic E-state index is 12.4. The number of aryl methyl sites for hydroxylation is 2. The minimum atomic E-state index is -3.70. The fourth-order valence-corrected chi connectivity index (χ4v) is 3.55. The van der Waals surface area contributed by atoms with Gasteiger partial charge >= 0.3 is 0 Å². The Labute approximate surface area is 153 Å². The number of sulfonamides is 1. The molecule has 0 saturated heterocycles. The van der Waals surface area contributed by atoms with E-state index in [1.807, 2.05) is 6.92 Å². The van der Waals surface area contributed by atoms with E-state index in [4.69, 9.17) is 9.26 Å². The molecule has 0 aliphatic rings. The molecular weight excluding hydrogens is 358 g/mol. The van der Waals surface area contributed by atoms with E-state index in [0.717, 1.165) is 15.6 Å². The van der Waals surface area contributed by atoms with Gasteiger partial charge in [-0.3, -0.25) is 4.79 Å². The van der Waals surface area contributed by atoms with E-state index in [-0.39, 0.29) is 23.0 Å². The Kier molecular flexibility index (Phi) is 6.04. The number of ether oxygens (including phenoxy) is 1. The third-order valence-electron chi connectivity index (χ3n) is 3.99. The van der Waals surface area contributed by atoms with E-state index >= 15 is 0 Å². The molecule has 0 aliphatic carbocycles. The summed E-state index contributed by atoms with van der Waals surface area (Å²) in [5.74, 6) is 0.676. The SMILES string of the molecule is COc1ccc(NC(=O)CCc2c(C)noc2C)cc1S(=O)(=O)N(C)C. The van der Waals surface area contributed by atoms with Crippen LogP contribution in [-0.2, 0) is 21.2 Å². The maximum Gasteiger partial charge on any atom is 0.246 e. The first-order chi connectivity index (χ1) is 12.2. The van der Waals surface area contributed by atoms with Gasteiger partial charge in [0.05, 0.1) is 12.8 Å². The predicted octanol–water partition coefficient (Wildman–Crippen LogP) is 2.12. The van der Waals surface area contributed by atoms with Crippen LogP contribution in [0.3, 0.4) is 0 Å². The molecule has 1 N–H and O–H groups in total. The lowest BCUT2D eigenvalue weighted by Crippen LogP contribution is -2.23. The molecule has 26 heavy (non-hydrogen) atoms. The van der Waals surface area contributed by atoms with Gasteiger partial charge in [0.1, 0.15) is 16.4 Å². The maximum absolute atomic E-state index is 12.4. The molecule has 2 aromatic rings. The Hall–Kier alpha value is -2.39. The molecule has 0 aliphatic heterocycles. The molecule has 0 fully saturated rings. The second kappa shape index (κ2) is 7.88. The van der Waals surface area contributed by atoms with Crippen LogP contribution in [0.2, 0.25) is 0 Å². The highest BCUT2D eigenvalue weighted by molar-refractivity contribution is 7.89. The van der Waals surface area contributed by atoms with Crippen molar-refractivity contribution < 1.29 is 22.5 Å². The number of nitrogens with one attached hydrogen (secondary N) is 1. The summed E-state index contributed by atoms with van der Waals surface area (Å²) in [6, 6.07) is 4.50. The largest absolute Gasteiger partial charge is 0.495 e. The third kappa shape index (κ3) is 4.23. The van der Waals surface area contributed by atoms with E-state index in [9.17, 15) is 13.2 Å². The number of hydrogen-bond donors (Lipinski definition) is 1. The van der Waals surface area contributed by atoms with Gasteiger partial charge in [0, 0.05) is 31.8 Å². The summed E-state index contributed by atoms with van der Waals surface area (Å²) < 4.78 is 36.1. The van der Waals surface area contributed by atoms with Crippen LogP contribution in [0.15, 0.2) is 27.6 Å². The van der Waals surface area contributed by atoms with Gasteiger partial charge < -0.3 is 14.6 Å². The van der Waals surface area contributed by atoms with Crippen LogP contribution in [0.25, 0.3) is 0 Å². The summed E-state index contributed by atoms with van der Waals surface area (Å²) in [7, 11) is 0.563. The van der Waals surface area contributed by atoms with E-state index in [1.54, 1.807) is 13.0 Å². The Morgan fingerprint density at radius 3 is 2.54 bits per heavy atom. The van der Waals surface area contributed by atoms with Crippen LogP contribution in [0.4, 0.5) is 5.69 Å². The van der Waals surface area contributed by atoms with E-state index < -0.39 is 10.0 Å². The molecule has 0 saturated carbocycles. The van der Waals surface area contributed by atoms with Gasteiger partial charge in [-0.05, 0) is 38.5 Å². The molecule has 1 aromatic carbocycles. The number of rotatable bonds is 7. The van der Waals surface area contributed by atoms with Crippen molar-refractivity contribution in [3.8, 4) is 5.75 Å². The molecule has 0 atom stereocenters. The van der Waals surface area contributed by atoms with Gasteiger partial charge in [-0.1, -0.05) is 5.16 Å². The zero-order chi connectivity index (χ0) is 19.5. The molecule has 1 heterocycles. The van der Waals surface area contributed by atoms with Gasteiger partial charge in [-0.25, -0.2) is 12.7 Å². The number of nitrogens with zero attached hydrogens (tertiary/aromatic N) is 2. The molecule has 1 amide bonds. The highest BCUT2D eigenvalue weighted by atomic mass is 32.2. The fourth-order valence-electron chi connectivity index (χ4n) is 2.47. The lowest BCUT2D eigenvalue weighted by molar-refractivity contribution is -0.116. The van der Waals surface area contributed by atoms with Gasteiger partial charge in [0.15, 0.2) is 0 Å². The first-order valence-electron chi connectivity index (χ1n) is 7.99. The minimum absolute atomic E-state index is 0.00600. The van der Waals surface area contributed by atoms with E-state index in [1.165, 1.54) is 33.3 Å². The van der Waals surface area contributed by atoms with E-state index in [0.29, 0.717) is 17.9 Å². The molecule has 0 unspecified atom stereocenters. The highest BCUT2D eigenvalue weighted by Gasteiger charge is 2.23. The smallest absolute Gasteiger partial charge is 0.246 e. The zero-order valence-electron chi connectivity index (χ0n) is 15.5. The average Bonchev–Trinajstić information content (AvgIpc) is 2.91. The van der Waals surface area contributed by atoms with Crippen molar-refractivity contribution in [2.45, 2.75) is 31.6 Å². The number of aromatic nitrogens is 1.